The third-order valence-electron chi connectivity index (χ3n) is 3.56. The van der Waals surface area contributed by atoms with Gasteiger partial charge in [-0.15, -0.1) is 0 Å². The molecular formula is C15H24N2O3S. The molecule has 0 saturated carbocycles. The van der Waals surface area contributed by atoms with Crippen molar-refractivity contribution in [1.82, 2.24) is 9.62 Å². The predicted octanol–water partition coefficient (Wildman–Crippen LogP) is 2.43. The smallest absolute Gasteiger partial charge is 0.246 e. The van der Waals surface area contributed by atoms with Crippen molar-refractivity contribution in [3.8, 4) is 0 Å². The second-order valence-electron chi connectivity index (χ2n) is 5.49. The van der Waals surface area contributed by atoms with Crippen molar-refractivity contribution in [1.29, 1.82) is 0 Å². The molecule has 0 spiro atoms. The topological polar surface area (TPSA) is 62.6 Å². The summed E-state index contributed by atoms with van der Waals surface area (Å²) in [5, 5.41) is 3.22. The monoisotopic (exact) mass is 312 g/mol. The highest BCUT2D eigenvalue weighted by molar-refractivity contribution is 7.89. The quantitative estimate of drug-likeness (QED) is 0.647. The van der Waals surface area contributed by atoms with Crippen LogP contribution in [-0.2, 0) is 16.6 Å². The summed E-state index contributed by atoms with van der Waals surface area (Å²) in [7, 11) is -3.46. The van der Waals surface area contributed by atoms with Crippen LogP contribution >= 0.6 is 0 Å². The van der Waals surface area contributed by atoms with Crippen LogP contribution < -0.4 is 5.32 Å². The summed E-state index contributed by atoms with van der Waals surface area (Å²) in [5.41, 5.74) is 1.09. The Morgan fingerprint density at radius 1 is 1.38 bits per heavy atom. The molecule has 0 aliphatic carbocycles. The summed E-state index contributed by atoms with van der Waals surface area (Å²) in [6, 6.07) is 1.65. The number of hydrogen-bond acceptors (Lipinski definition) is 4. The van der Waals surface area contributed by atoms with Crippen molar-refractivity contribution in [2.24, 2.45) is 0 Å². The Kier molecular flexibility index (Phi) is 5.24. The molecule has 0 amide bonds. The van der Waals surface area contributed by atoms with E-state index in [1.807, 2.05) is 6.92 Å². The highest BCUT2D eigenvalue weighted by Gasteiger charge is 2.29. The molecule has 1 aromatic rings. The lowest BCUT2D eigenvalue weighted by Gasteiger charge is -2.25. The molecule has 2 rings (SSSR count). The number of aryl methyl sites for hydroxylation is 1. The Balaban J connectivity index is 2.18. The lowest BCUT2D eigenvalue weighted by atomic mass is 10.2. The fraction of sp³-hybridized carbons (Fsp3) is 0.600. The van der Waals surface area contributed by atoms with Crippen molar-refractivity contribution in [2.45, 2.75) is 45.1 Å². The average Bonchev–Trinajstić information content (AvgIpc) is 2.81. The largest absolute Gasteiger partial charge is 0.464 e. The van der Waals surface area contributed by atoms with E-state index >= 15 is 0 Å². The maximum Gasteiger partial charge on any atom is 0.246 e. The lowest BCUT2D eigenvalue weighted by Crippen LogP contribution is -2.35. The zero-order chi connectivity index (χ0) is 15.5. The van der Waals surface area contributed by atoms with Crippen LogP contribution in [0, 0.1) is 6.92 Å². The Morgan fingerprint density at radius 2 is 2.14 bits per heavy atom. The van der Waals surface area contributed by atoms with E-state index in [0.717, 1.165) is 25.0 Å². The minimum absolute atomic E-state index is 0.297. The van der Waals surface area contributed by atoms with Crippen molar-refractivity contribution in [3.05, 3.63) is 29.2 Å². The second kappa shape index (κ2) is 6.77. The first-order chi connectivity index (χ1) is 9.95. The standard InChI is InChI=1S/C15H24N2O3S/c1-4-7-16-10-14-9-15(13(3)20-14)21(18,19)17-8-5-6-12(2)11-17/h6,9,16H,4-5,7-8,10-11H2,1-3H3. The van der Waals surface area contributed by atoms with Crippen LogP contribution in [0.5, 0.6) is 0 Å². The van der Waals surface area contributed by atoms with Crippen LogP contribution in [0.1, 0.15) is 38.2 Å². The molecule has 0 bridgehead atoms. The third-order valence-corrected chi connectivity index (χ3v) is 5.52. The van der Waals surface area contributed by atoms with Crippen LogP contribution in [0.25, 0.3) is 0 Å². The molecule has 21 heavy (non-hydrogen) atoms. The molecule has 0 unspecified atom stereocenters. The molecule has 118 valence electrons. The molecule has 1 aliphatic rings. The first-order valence-corrected chi connectivity index (χ1v) is 8.85. The molecule has 2 heterocycles. The van der Waals surface area contributed by atoms with Gasteiger partial charge in [-0.3, -0.25) is 0 Å². The van der Waals surface area contributed by atoms with Gasteiger partial charge in [0, 0.05) is 19.2 Å². The van der Waals surface area contributed by atoms with Crippen LogP contribution in [0.2, 0.25) is 0 Å². The van der Waals surface area contributed by atoms with Crippen LogP contribution in [-0.4, -0.2) is 32.4 Å². The average molecular weight is 312 g/mol. The maximum atomic E-state index is 12.7. The number of nitrogens with zero attached hydrogens (tertiary/aromatic N) is 1. The maximum absolute atomic E-state index is 12.7. The van der Waals surface area contributed by atoms with E-state index in [1.165, 1.54) is 4.31 Å². The van der Waals surface area contributed by atoms with E-state index in [4.69, 9.17) is 4.42 Å². The van der Waals surface area contributed by atoms with Gasteiger partial charge in [0.1, 0.15) is 16.4 Å². The Hall–Kier alpha value is -1.11. The third kappa shape index (κ3) is 3.75. The van der Waals surface area contributed by atoms with Crippen LogP contribution in [0.15, 0.2) is 27.0 Å². The van der Waals surface area contributed by atoms with Crippen LogP contribution in [0.4, 0.5) is 0 Å². The van der Waals surface area contributed by atoms with Gasteiger partial charge in [-0.25, -0.2) is 8.42 Å². The summed E-state index contributed by atoms with van der Waals surface area (Å²) in [5.74, 6) is 1.14. The Morgan fingerprint density at radius 3 is 2.81 bits per heavy atom. The molecule has 0 aromatic carbocycles. The van der Waals surface area contributed by atoms with E-state index in [0.29, 0.717) is 36.1 Å². The first-order valence-electron chi connectivity index (χ1n) is 7.41. The summed E-state index contributed by atoms with van der Waals surface area (Å²) in [4.78, 5) is 0.297. The van der Waals surface area contributed by atoms with Crippen molar-refractivity contribution in [3.63, 3.8) is 0 Å². The summed E-state index contributed by atoms with van der Waals surface area (Å²) < 4.78 is 32.5. The predicted molar refractivity (Wildman–Crippen MR) is 82.6 cm³/mol. The Labute approximate surface area is 127 Å². The van der Waals surface area contributed by atoms with Crippen LogP contribution in [0.3, 0.4) is 0 Å². The molecule has 0 fully saturated rings. The molecule has 0 radical (unpaired) electrons. The fourth-order valence-corrected chi connectivity index (χ4v) is 4.16. The lowest BCUT2D eigenvalue weighted by molar-refractivity contribution is 0.423. The van der Waals surface area contributed by atoms with Gasteiger partial charge in [-0.05, 0) is 33.2 Å². The fourth-order valence-electron chi connectivity index (χ4n) is 2.48. The van der Waals surface area contributed by atoms with Crippen molar-refractivity contribution in [2.75, 3.05) is 19.6 Å². The molecule has 1 N–H and O–H groups in total. The zero-order valence-electron chi connectivity index (χ0n) is 13.0. The summed E-state index contributed by atoms with van der Waals surface area (Å²) >= 11 is 0. The number of rotatable bonds is 6. The summed E-state index contributed by atoms with van der Waals surface area (Å²) in [6.45, 7) is 8.21. The number of sulfonamides is 1. The summed E-state index contributed by atoms with van der Waals surface area (Å²) in [6.07, 6.45) is 3.89. The molecule has 5 nitrogen and oxygen atoms in total. The molecule has 0 atom stereocenters. The van der Waals surface area contributed by atoms with Gasteiger partial charge in [-0.1, -0.05) is 18.6 Å². The van der Waals surface area contributed by atoms with Gasteiger partial charge in [-0.2, -0.15) is 4.31 Å². The number of hydrogen-bond donors (Lipinski definition) is 1. The molecule has 1 aromatic heterocycles. The minimum atomic E-state index is -3.46. The highest BCUT2D eigenvalue weighted by atomic mass is 32.2. The van der Waals surface area contributed by atoms with E-state index in [1.54, 1.807) is 13.0 Å². The molecular weight excluding hydrogens is 288 g/mol. The van der Waals surface area contributed by atoms with E-state index in [-0.39, 0.29) is 0 Å². The van der Waals surface area contributed by atoms with Crippen molar-refractivity contribution >= 4 is 10.0 Å². The first kappa shape index (κ1) is 16.3. The van der Waals surface area contributed by atoms with E-state index < -0.39 is 10.0 Å². The normalized spacial score (nSPS) is 17.0. The van der Waals surface area contributed by atoms with Gasteiger partial charge in [0.05, 0.1) is 6.54 Å². The molecule has 0 saturated heterocycles. The second-order valence-corrected chi connectivity index (χ2v) is 7.39. The number of furan rings is 1. The highest BCUT2D eigenvalue weighted by Crippen LogP contribution is 2.26. The molecule has 6 heteroatoms. The van der Waals surface area contributed by atoms with Gasteiger partial charge in [0.2, 0.25) is 10.0 Å². The van der Waals surface area contributed by atoms with Gasteiger partial charge in [0.15, 0.2) is 0 Å². The van der Waals surface area contributed by atoms with E-state index in [2.05, 4.69) is 18.3 Å². The number of nitrogens with one attached hydrogen (secondary N) is 1. The minimum Gasteiger partial charge on any atom is -0.464 e. The SMILES string of the molecule is CCCNCc1cc(S(=O)(=O)N2CCC=C(C)C2)c(C)o1. The van der Waals surface area contributed by atoms with Crippen molar-refractivity contribution < 1.29 is 12.8 Å². The van der Waals surface area contributed by atoms with Gasteiger partial charge < -0.3 is 9.73 Å². The van der Waals surface area contributed by atoms with Gasteiger partial charge in [0.25, 0.3) is 0 Å². The zero-order valence-corrected chi connectivity index (χ0v) is 13.8. The molecule has 1 aliphatic heterocycles. The van der Waals surface area contributed by atoms with E-state index in [9.17, 15) is 8.42 Å². The van der Waals surface area contributed by atoms with Gasteiger partial charge >= 0.3 is 0 Å². The Bertz CT molecular complexity index is 617.